The molecule has 0 aromatic heterocycles. The first-order chi connectivity index (χ1) is 10.4. The highest BCUT2D eigenvalue weighted by molar-refractivity contribution is 7.89. The maximum absolute atomic E-state index is 12.4. The molecule has 0 aliphatic carbocycles. The molecule has 2 aromatic rings. The van der Waals surface area contributed by atoms with Gasteiger partial charge in [0.15, 0.2) is 0 Å². The van der Waals surface area contributed by atoms with E-state index in [-0.39, 0.29) is 10.9 Å². The molecule has 0 unspecified atom stereocenters. The average molecular weight is 319 g/mol. The second-order valence-electron chi connectivity index (χ2n) is 5.35. The fraction of sp³-hybridized carbons (Fsp3) is 0.294. The van der Waals surface area contributed by atoms with Gasteiger partial charge < -0.3 is 4.74 Å². The van der Waals surface area contributed by atoms with Gasteiger partial charge in [-0.15, -0.1) is 0 Å². The van der Waals surface area contributed by atoms with E-state index < -0.39 is 10.0 Å². The van der Waals surface area contributed by atoms with E-state index >= 15 is 0 Å². The highest BCUT2D eigenvalue weighted by Gasteiger charge is 2.18. The van der Waals surface area contributed by atoms with E-state index in [9.17, 15) is 8.42 Å². The molecule has 22 heavy (non-hydrogen) atoms. The van der Waals surface area contributed by atoms with E-state index in [1.165, 1.54) is 0 Å². The van der Waals surface area contributed by atoms with E-state index in [1.54, 1.807) is 31.4 Å². The third-order valence-electron chi connectivity index (χ3n) is 3.41. The van der Waals surface area contributed by atoms with E-state index in [0.717, 1.165) is 16.9 Å². The number of methoxy groups -OCH3 is 1. The summed E-state index contributed by atoms with van der Waals surface area (Å²) in [5, 5.41) is 0. The molecule has 0 spiro atoms. The minimum Gasteiger partial charge on any atom is -0.496 e. The lowest BCUT2D eigenvalue weighted by Crippen LogP contribution is -2.34. The van der Waals surface area contributed by atoms with Gasteiger partial charge in [0.2, 0.25) is 10.0 Å². The highest BCUT2D eigenvalue weighted by Crippen LogP contribution is 2.19. The van der Waals surface area contributed by atoms with Crippen LogP contribution in [-0.2, 0) is 16.4 Å². The van der Waals surface area contributed by atoms with Crippen LogP contribution in [0.5, 0.6) is 5.75 Å². The fourth-order valence-electron chi connectivity index (χ4n) is 2.29. The molecule has 0 saturated heterocycles. The third kappa shape index (κ3) is 4.08. The average Bonchev–Trinajstić information content (AvgIpc) is 2.47. The number of benzene rings is 2. The van der Waals surface area contributed by atoms with Gasteiger partial charge in [-0.2, -0.15) is 0 Å². The second-order valence-corrected chi connectivity index (χ2v) is 7.07. The predicted molar refractivity (Wildman–Crippen MR) is 87.7 cm³/mol. The van der Waals surface area contributed by atoms with Crippen LogP contribution < -0.4 is 9.46 Å². The molecular formula is C17H21NO3S. The summed E-state index contributed by atoms with van der Waals surface area (Å²) in [5.74, 6) is 0.767. The first-order valence-electron chi connectivity index (χ1n) is 7.13. The van der Waals surface area contributed by atoms with Crippen LogP contribution in [-0.4, -0.2) is 21.6 Å². The molecular weight excluding hydrogens is 298 g/mol. The summed E-state index contributed by atoms with van der Waals surface area (Å²) >= 11 is 0. The molecule has 0 aliphatic rings. The summed E-state index contributed by atoms with van der Waals surface area (Å²) in [5.41, 5.74) is 2.00. The van der Waals surface area contributed by atoms with Crippen LogP contribution >= 0.6 is 0 Å². The van der Waals surface area contributed by atoms with Gasteiger partial charge in [0, 0.05) is 6.04 Å². The fourth-order valence-corrected chi connectivity index (χ4v) is 3.54. The lowest BCUT2D eigenvalue weighted by Gasteiger charge is -2.16. The zero-order valence-corrected chi connectivity index (χ0v) is 13.9. The van der Waals surface area contributed by atoms with Crippen LogP contribution in [0.4, 0.5) is 0 Å². The van der Waals surface area contributed by atoms with Gasteiger partial charge in [-0.25, -0.2) is 13.1 Å². The molecule has 118 valence electrons. The number of nitrogens with one attached hydrogen (secondary N) is 1. The van der Waals surface area contributed by atoms with Gasteiger partial charge in [-0.1, -0.05) is 35.9 Å². The lowest BCUT2D eigenvalue weighted by atomic mass is 10.1. The molecule has 2 aromatic carbocycles. The van der Waals surface area contributed by atoms with Crippen LogP contribution in [0.1, 0.15) is 18.1 Å². The van der Waals surface area contributed by atoms with Gasteiger partial charge in [0.1, 0.15) is 5.75 Å². The summed E-state index contributed by atoms with van der Waals surface area (Å²) < 4.78 is 32.7. The molecule has 2 rings (SSSR count). The van der Waals surface area contributed by atoms with E-state index in [2.05, 4.69) is 4.72 Å². The van der Waals surface area contributed by atoms with Crippen molar-refractivity contribution in [2.24, 2.45) is 0 Å². The largest absolute Gasteiger partial charge is 0.496 e. The molecule has 4 nitrogen and oxygen atoms in total. The van der Waals surface area contributed by atoms with Crippen molar-refractivity contribution in [3.05, 3.63) is 59.7 Å². The molecule has 1 N–H and O–H groups in total. The van der Waals surface area contributed by atoms with Crippen LogP contribution in [0.15, 0.2) is 53.4 Å². The predicted octanol–water partition coefficient (Wildman–Crippen LogP) is 2.91. The zero-order chi connectivity index (χ0) is 16.2. The summed E-state index contributed by atoms with van der Waals surface area (Å²) in [6, 6.07) is 14.2. The first-order valence-corrected chi connectivity index (χ1v) is 8.61. The SMILES string of the molecule is COc1ccccc1C[C@H](C)NS(=O)(=O)c1ccc(C)cc1. The summed E-state index contributed by atoms with van der Waals surface area (Å²) in [7, 11) is -1.90. The Morgan fingerprint density at radius 1 is 1.09 bits per heavy atom. The molecule has 0 saturated carbocycles. The Labute approximate surface area is 132 Å². The molecule has 0 heterocycles. The first kappa shape index (κ1) is 16.5. The van der Waals surface area contributed by atoms with Gasteiger partial charge >= 0.3 is 0 Å². The van der Waals surface area contributed by atoms with Crippen molar-refractivity contribution in [1.82, 2.24) is 4.72 Å². The highest BCUT2D eigenvalue weighted by atomic mass is 32.2. The standard InChI is InChI=1S/C17H21NO3S/c1-13-8-10-16(11-9-13)22(19,20)18-14(2)12-15-6-4-5-7-17(15)21-3/h4-11,14,18H,12H2,1-3H3/t14-/m0/s1. The maximum atomic E-state index is 12.4. The lowest BCUT2D eigenvalue weighted by molar-refractivity contribution is 0.407. The summed E-state index contributed by atoms with van der Waals surface area (Å²) in [6.07, 6.45) is 0.565. The molecule has 0 fully saturated rings. The quantitative estimate of drug-likeness (QED) is 0.890. The number of hydrogen-bond donors (Lipinski definition) is 1. The van der Waals surface area contributed by atoms with Crippen LogP contribution in [0.3, 0.4) is 0 Å². The van der Waals surface area contributed by atoms with Crippen LogP contribution in [0.25, 0.3) is 0 Å². The summed E-state index contributed by atoms with van der Waals surface area (Å²) in [4.78, 5) is 0.282. The number of hydrogen-bond acceptors (Lipinski definition) is 3. The van der Waals surface area contributed by atoms with Crippen molar-refractivity contribution < 1.29 is 13.2 Å². The van der Waals surface area contributed by atoms with E-state index in [4.69, 9.17) is 4.74 Å². The third-order valence-corrected chi connectivity index (χ3v) is 5.01. The van der Waals surface area contributed by atoms with Crippen molar-refractivity contribution in [3.63, 3.8) is 0 Å². The smallest absolute Gasteiger partial charge is 0.240 e. The molecule has 5 heteroatoms. The number of aryl methyl sites for hydroxylation is 1. The van der Waals surface area contributed by atoms with Crippen molar-refractivity contribution >= 4 is 10.0 Å². The Hall–Kier alpha value is -1.85. The monoisotopic (exact) mass is 319 g/mol. The number of sulfonamides is 1. The van der Waals surface area contributed by atoms with Crippen LogP contribution in [0, 0.1) is 6.92 Å². The summed E-state index contributed by atoms with van der Waals surface area (Å²) in [6.45, 7) is 3.77. The van der Waals surface area contributed by atoms with Crippen molar-refractivity contribution in [3.8, 4) is 5.75 Å². The topological polar surface area (TPSA) is 55.4 Å². The van der Waals surface area contributed by atoms with Crippen molar-refractivity contribution in [1.29, 1.82) is 0 Å². The molecule has 1 atom stereocenters. The van der Waals surface area contributed by atoms with Gasteiger partial charge in [-0.3, -0.25) is 0 Å². The Morgan fingerprint density at radius 2 is 1.73 bits per heavy atom. The van der Waals surface area contributed by atoms with Crippen molar-refractivity contribution in [2.75, 3.05) is 7.11 Å². The van der Waals surface area contributed by atoms with E-state index in [1.807, 2.05) is 38.1 Å². The van der Waals surface area contributed by atoms with Gasteiger partial charge in [0.25, 0.3) is 0 Å². The van der Waals surface area contributed by atoms with Gasteiger partial charge in [0.05, 0.1) is 12.0 Å². The molecule has 0 radical (unpaired) electrons. The number of ether oxygens (including phenoxy) is 1. The Kier molecular flexibility index (Phi) is 5.21. The normalized spacial score (nSPS) is 12.9. The van der Waals surface area contributed by atoms with Gasteiger partial charge in [-0.05, 0) is 44.0 Å². The maximum Gasteiger partial charge on any atom is 0.240 e. The molecule has 0 aliphatic heterocycles. The Bertz CT molecular complexity index is 724. The van der Waals surface area contributed by atoms with Crippen LogP contribution in [0.2, 0.25) is 0 Å². The Morgan fingerprint density at radius 3 is 2.36 bits per heavy atom. The Balaban J connectivity index is 2.11. The second kappa shape index (κ2) is 6.94. The molecule has 0 bridgehead atoms. The number of para-hydroxylation sites is 1. The zero-order valence-electron chi connectivity index (χ0n) is 13.0. The van der Waals surface area contributed by atoms with E-state index in [0.29, 0.717) is 6.42 Å². The minimum atomic E-state index is -3.51. The molecule has 0 amide bonds. The van der Waals surface area contributed by atoms with Crippen molar-refractivity contribution in [2.45, 2.75) is 31.2 Å². The number of rotatable bonds is 6. The minimum absolute atomic E-state index is 0.234.